The molecule has 1 aliphatic heterocycles. The molecule has 1 aliphatic rings. The van der Waals surface area contributed by atoms with Gasteiger partial charge in [-0.1, -0.05) is 18.2 Å². The van der Waals surface area contributed by atoms with E-state index in [1.807, 2.05) is 35.9 Å². The summed E-state index contributed by atoms with van der Waals surface area (Å²) < 4.78 is 1.95. The number of carbonyl (C=O) groups excluding carboxylic acids is 1. The average molecular weight is 293 g/mol. The average Bonchev–Trinajstić information content (AvgIpc) is 3.05. The van der Waals surface area contributed by atoms with Gasteiger partial charge in [-0.2, -0.15) is 0 Å². The van der Waals surface area contributed by atoms with Crippen LogP contribution >= 0.6 is 0 Å². The van der Waals surface area contributed by atoms with E-state index in [1.54, 1.807) is 0 Å². The third-order valence-electron chi connectivity index (χ3n) is 4.77. The number of benzene rings is 1. The monoisotopic (exact) mass is 293 g/mol. The van der Waals surface area contributed by atoms with Gasteiger partial charge in [0.2, 0.25) is 5.91 Å². The predicted octanol–water partition coefficient (Wildman–Crippen LogP) is 3.43. The fraction of sp³-hybridized carbons (Fsp3) is 0.333. The van der Waals surface area contributed by atoms with E-state index in [1.165, 1.54) is 16.6 Å². The zero-order valence-electron chi connectivity index (χ0n) is 12.9. The Labute approximate surface area is 129 Å². The van der Waals surface area contributed by atoms with Crippen molar-refractivity contribution in [2.24, 2.45) is 5.92 Å². The molecule has 0 amide bonds. The maximum absolute atomic E-state index is 13.0. The van der Waals surface area contributed by atoms with Crippen molar-refractivity contribution in [1.82, 2.24) is 14.5 Å². The Morgan fingerprint density at radius 2 is 2.14 bits per heavy atom. The van der Waals surface area contributed by atoms with Crippen LogP contribution in [-0.4, -0.2) is 20.4 Å². The van der Waals surface area contributed by atoms with Crippen LogP contribution < -0.4 is 0 Å². The first-order valence-electron chi connectivity index (χ1n) is 7.79. The number of hydrogen-bond acceptors (Lipinski definition) is 2. The molecule has 4 heteroatoms. The summed E-state index contributed by atoms with van der Waals surface area (Å²) in [5.41, 5.74) is 4.53. The van der Waals surface area contributed by atoms with Gasteiger partial charge in [-0.25, -0.2) is 4.98 Å². The summed E-state index contributed by atoms with van der Waals surface area (Å²) in [7, 11) is 0. The molecule has 112 valence electrons. The highest BCUT2D eigenvalue weighted by Crippen LogP contribution is 2.32. The van der Waals surface area contributed by atoms with Crippen LogP contribution in [0.25, 0.3) is 10.9 Å². The Hall–Kier alpha value is -2.36. The Morgan fingerprint density at radius 3 is 2.91 bits per heavy atom. The molecule has 1 unspecified atom stereocenters. The van der Waals surface area contributed by atoms with Gasteiger partial charge in [0.1, 0.15) is 5.82 Å². The van der Waals surface area contributed by atoms with Crippen LogP contribution in [0.15, 0.2) is 30.5 Å². The lowest BCUT2D eigenvalue weighted by molar-refractivity contribution is 0.0808. The first kappa shape index (κ1) is 13.3. The van der Waals surface area contributed by atoms with Crippen LogP contribution in [0.3, 0.4) is 0 Å². The number of aromatic nitrogens is 3. The van der Waals surface area contributed by atoms with Crippen LogP contribution in [0.1, 0.15) is 34.0 Å². The normalized spacial score (nSPS) is 17.9. The minimum atomic E-state index is 0.0301. The van der Waals surface area contributed by atoms with E-state index in [4.69, 9.17) is 0 Å². The van der Waals surface area contributed by atoms with Crippen molar-refractivity contribution in [2.75, 3.05) is 0 Å². The Kier molecular flexibility index (Phi) is 2.93. The first-order valence-corrected chi connectivity index (χ1v) is 7.79. The number of aryl methyl sites for hydroxylation is 2. The molecule has 0 saturated carbocycles. The second-order valence-corrected chi connectivity index (χ2v) is 6.20. The molecule has 3 aromatic rings. The second kappa shape index (κ2) is 4.83. The smallest absolute Gasteiger partial charge is 0.234 e. The Balaban J connectivity index is 1.75. The number of hydrogen-bond donors (Lipinski definition) is 1. The maximum Gasteiger partial charge on any atom is 0.234 e. The third-order valence-corrected chi connectivity index (χ3v) is 4.77. The Bertz CT molecular complexity index is 872. The summed E-state index contributed by atoms with van der Waals surface area (Å²) in [6, 6.07) is 8.20. The molecule has 0 spiro atoms. The van der Waals surface area contributed by atoms with E-state index in [2.05, 4.69) is 23.0 Å². The van der Waals surface area contributed by atoms with Crippen LogP contribution in [0.4, 0.5) is 0 Å². The van der Waals surface area contributed by atoms with Gasteiger partial charge >= 0.3 is 0 Å². The molecule has 22 heavy (non-hydrogen) atoms. The molecular formula is C18H19N3O. The molecule has 0 radical (unpaired) electrons. The summed E-state index contributed by atoms with van der Waals surface area (Å²) >= 11 is 0. The van der Waals surface area contributed by atoms with E-state index in [9.17, 15) is 4.79 Å². The zero-order chi connectivity index (χ0) is 15.3. The van der Waals surface area contributed by atoms with E-state index < -0.39 is 0 Å². The van der Waals surface area contributed by atoms with Crippen molar-refractivity contribution in [3.63, 3.8) is 0 Å². The van der Waals surface area contributed by atoms with Crippen LogP contribution in [-0.2, 0) is 12.8 Å². The minimum Gasteiger partial charge on any atom is -0.346 e. The zero-order valence-corrected chi connectivity index (χ0v) is 12.9. The van der Waals surface area contributed by atoms with Gasteiger partial charge in [0.15, 0.2) is 0 Å². The van der Waals surface area contributed by atoms with Crippen molar-refractivity contribution >= 4 is 16.8 Å². The minimum absolute atomic E-state index is 0.0301. The lowest BCUT2D eigenvalue weighted by Crippen LogP contribution is -2.30. The maximum atomic E-state index is 13.0. The summed E-state index contributed by atoms with van der Waals surface area (Å²) in [5.74, 6) is 1.15. The second-order valence-electron chi connectivity index (χ2n) is 6.20. The summed E-state index contributed by atoms with van der Waals surface area (Å²) in [5, 5.41) is 1.20. The van der Waals surface area contributed by atoms with Gasteiger partial charge in [0.05, 0.1) is 5.52 Å². The van der Waals surface area contributed by atoms with Gasteiger partial charge in [0.25, 0.3) is 0 Å². The lowest BCUT2D eigenvalue weighted by atomic mass is 9.92. The van der Waals surface area contributed by atoms with Crippen molar-refractivity contribution in [3.05, 3.63) is 53.2 Å². The number of carbonyl (C=O) groups is 1. The number of rotatable bonds is 2. The van der Waals surface area contributed by atoms with E-state index >= 15 is 0 Å². The standard InChI is InChI=1S/C18H19N3O/c1-11-15-5-3-4-6-17(15)21-16(11)8-7-13(18(21)22)9-14-10-19-12(2)20-14/h3-6,10,13H,7-9H2,1-2H3,(H,19,20). The van der Waals surface area contributed by atoms with Crippen molar-refractivity contribution in [2.45, 2.75) is 33.1 Å². The number of fused-ring (bicyclic) bond motifs is 3. The quantitative estimate of drug-likeness (QED) is 0.787. The number of aromatic amines is 1. The van der Waals surface area contributed by atoms with Gasteiger partial charge < -0.3 is 4.98 Å². The fourth-order valence-electron chi connectivity index (χ4n) is 3.65. The molecule has 0 aliphatic carbocycles. The van der Waals surface area contributed by atoms with E-state index in [0.29, 0.717) is 0 Å². The molecule has 3 heterocycles. The molecule has 1 atom stereocenters. The van der Waals surface area contributed by atoms with Crippen LogP contribution in [0, 0.1) is 19.8 Å². The molecule has 4 nitrogen and oxygen atoms in total. The van der Waals surface area contributed by atoms with Crippen molar-refractivity contribution in [1.29, 1.82) is 0 Å². The molecule has 1 aromatic carbocycles. The highest BCUT2D eigenvalue weighted by molar-refractivity contribution is 5.97. The molecule has 1 N–H and O–H groups in total. The third kappa shape index (κ3) is 1.90. The molecule has 4 rings (SSSR count). The molecule has 2 aromatic heterocycles. The summed E-state index contributed by atoms with van der Waals surface area (Å²) in [6.07, 6.45) is 4.46. The number of para-hydroxylation sites is 1. The topological polar surface area (TPSA) is 50.7 Å². The molecule has 0 bridgehead atoms. The van der Waals surface area contributed by atoms with Gasteiger partial charge in [-0.3, -0.25) is 9.36 Å². The SMILES string of the molecule is Cc1ncc(CC2CCc3c(C)c4ccccc4n3C2=O)[nH]1. The van der Waals surface area contributed by atoms with Crippen LogP contribution in [0.5, 0.6) is 0 Å². The number of nitrogens with zero attached hydrogens (tertiary/aromatic N) is 2. The molecule has 0 saturated heterocycles. The van der Waals surface area contributed by atoms with Crippen molar-refractivity contribution in [3.8, 4) is 0 Å². The number of nitrogens with one attached hydrogen (secondary N) is 1. The van der Waals surface area contributed by atoms with Crippen LogP contribution in [0.2, 0.25) is 0 Å². The lowest BCUT2D eigenvalue weighted by Gasteiger charge is -2.23. The predicted molar refractivity (Wildman–Crippen MR) is 86.1 cm³/mol. The van der Waals surface area contributed by atoms with E-state index in [-0.39, 0.29) is 11.8 Å². The summed E-state index contributed by atoms with van der Waals surface area (Å²) in [6.45, 7) is 4.06. The highest BCUT2D eigenvalue weighted by Gasteiger charge is 2.30. The van der Waals surface area contributed by atoms with Gasteiger partial charge in [-0.05, 0) is 38.3 Å². The molecule has 0 fully saturated rings. The fourth-order valence-corrected chi connectivity index (χ4v) is 3.65. The largest absolute Gasteiger partial charge is 0.346 e. The van der Waals surface area contributed by atoms with Crippen molar-refractivity contribution < 1.29 is 4.79 Å². The van der Waals surface area contributed by atoms with Gasteiger partial charge in [0, 0.05) is 35.3 Å². The summed E-state index contributed by atoms with van der Waals surface area (Å²) in [4.78, 5) is 20.5. The number of imidazole rings is 1. The van der Waals surface area contributed by atoms with Gasteiger partial charge in [-0.15, -0.1) is 0 Å². The highest BCUT2D eigenvalue weighted by atomic mass is 16.2. The number of H-pyrrole nitrogens is 1. The van der Waals surface area contributed by atoms with E-state index in [0.717, 1.165) is 36.3 Å². The first-order chi connectivity index (χ1) is 10.6. The molecular weight excluding hydrogens is 274 g/mol. The Morgan fingerprint density at radius 1 is 1.32 bits per heavy atom.